The Balaban J connectivity index is 3.00. The zero-order valence-corrected chi connectivity index (χ0v) is 7.38. The lowest BCUT2D eigenvalue weighted by atomic mass is 10.1. The molecule has 1 aromatic heterocycles. The van der Waals surface area contributed by atoms with Gasteiger partial charge < -0.3 is 0 Å². The molecule has 0 N–H and O–H groups in total. The van der Waals surface area contributed by atoms with Gasteiger partial charge in [-0.05, 0) is 12.0 Å². The lowest BCUT2D eigenvalue weighted by molar-refractivity contribution is 0.145. The average molecular weight is 174 g/mol. The van der Waals surface area contributed by atoms with Crippen LogP contribution < -0.4 is 0 Å². The van der Waals surface area contributed by atoms with E-state index >= 15 is 0 Å². The van der Waals surface area contributed by atoms with Crippen LogP contribution in [0.1, 0.15) is 37.6 Å². The normalized spacial score (nSPS) is 11.6. The van der Waals surface area contributed by atoms with Gasteiger partial charge in [-0.2, -0.15) is 5.10 Å². The number of halogens is 2. The molecule has 0 aliphatic heterocycles. The van der Waals surface area contributed by atoms with Crippen LogP contribution in [0, 0.1) is 0 Å². The molecular weight excluding hydrogens is 162 g/mol. The van der Waals surface area contributed by atoms with Gasteiger partial charge in [-0.1, -0.05) is 13.8 Å². The SMILES string of the molecule is CC(C)c1cc(C(F)F)nn1C. The van der Waals surface area contributed by atoms with Gasteiger partial charge in [0.15, 0.2) is 0 Å². The highest BCUT2D eigenvalue weighted by molar-refractivity contribution is 5.14. The van der Waals surface area contributed by atoms with Crippen molar-refractivity contribution in [3.8, 4) is 0 Å². The lowest BCUT2D eigenvalue weighted by Gasteiger charge is -2.02. The second kappa shape index (κ2) is 3.21. The highest BCUT2D eigenvalue weighted by Gasteiger charge is 2.14. The molecule has 0 aromatic carbocycles. The number of alkyl halides is 2. The quantitative estimate of drug-likeness (QED) is 0.673. The topological polar surface area (TPSA) is 17.8 Å². The average Bonchev–Trinajstić information content (AvgIpc) is 2.30. The van der Waals surface area contributed by atoms with Gasteiger partial charge in [0, 0.05) is 12.7 Å². The van der Waals surface area contributed by atoms with Crippen LogP contribution >= 0.6 is 0 Å². The largest absolute Gasteiger partial charge is 0.282 e. The van der Waals surface area contributed by atoms with Gasteiger partial charge in [0.2, 0.25) is 0 Å². The molecule has 0 saturated carbocycles. The second-order valence-electron chi connectivity index (χ2n) is 3.07. The summed E-state index contributed by atoms with van der Waals surface area (Å²) >= 11 is 0. The summed E-state index contributed by atoms with van der Waals surface area (Å²) in [7, 11) is 1.68. The van der Waals surface area contributed by atoms with E-state index in [0.717, 1.165) is 5.69 Å². The minimum atomic E-state index is -2.47. The molecule has 12 heavy (non-hydrogen) atoms. The van der Waals surface area contributed by atoms with Crippen LogP contribution in [0.15, 0.2) is 6.07 Å². The summed E-state index contributed by atoms with van der Waals surface area (Å²) in [6.45, 7) is 3.90. The predicted octanol–water partition coefficient (Wildman–Crippen LogP) is 2.48. The monoisotopic (exact) mass is 174 g/mol. The first-order valence-electron chi connectivity index (χ1n) is 3.84. The molecule has 0 amide bonds. The summed E-state index contributed by atoms with van der Waals surface area (Å²) in [4.78, 5) is 0. The molecule has 0 aliphatic carbocycles. The lowest BCUT2D eigenvalue weighted by Crippen LogP contribution is -1.99. The number of aromatic nitrogens is 2. The Morgan fingerprint density at radius 3 is 2.25 bits per heavy atom. The number of hydrogen-bond acceptors (Lipinski definition) is 1. The molecule has 4 heteroatoms. The molecule has 0 spiro atoms. The molecule has 0 bridgehead atoms. The Kier molecular flexibility index (Phi) is 2.45. The van der Waals surface area contributed by atoms with Crippen molar-refractivity contribution < 1.29 is 8.78 Å². The summed E-state index contributed by atoms with van der Waals surface area (Å²) in [5.74, 6) is 0.231. The molecule has 0 atom stereocenters. The Morgan fingerprint density at radius 2 is 2.00 bits per heavy atom. The Bertz CT molecular complexity index is 266. The molecule has 0 radical (unpaired) electrons. The fourth-order valence-corrected chi connectivity index (χ4v) is 1.15. The summed E-state index contributed by atoms with van der Waals surface area (Å²) in [6.07, 6.45) is -2.47. The molecule has 2 nitrogen and oxygen atoms in total. The van der Waals surface area contributed by atoms with Gasteiger partial charge in [0.1, 0.15) is 5.69 Å². The van der Waals surface area contributed by atoms with Gasteiger partial charge in [-0.3, -0.25) is 4.68 Å². The minimum Gasteiger partial charge on any atom is -0.272 e. The van der Waals surface area contributed by atoms with Crippen molar-refractivity contribution in [2.24, 2.45) is 7.05 Å². The van der Waals surface area contributed by atoms with Crippen molar-refractivity contribution in [1.82, 2.24) is 9.78 Å². The van der Waals surface area contributed by atoms with E-state index in [-0.39, 0.29) is 11.6 Å². The highest BCUT2D eigenvalue weighted by atomic mass is 19.3. The Hall–Kier alpha value is -0.930. The van der Waals surface area contributed by atoms with Crippen molar-refractivity contribution in [3.63, 3.8) is 0 Å². The summed E-state index contributed by atoms with van der Waals surface area (Å²) in [5.41, 5.74) is 0.700. The maximum atomic E-state index is 12.1. The first-order chi connectivity index (χ1) is 5.52. The predicted molar refractivity (Wildman–Crippen MR) is 42.3 cm³/mol. The van der Waals surface area contributed by atoms with Crippen LogP contribution in [-0.2, 0) is 7.05 Å². The third-order valence-corrected chi connectivity index (χ3v) is 1.75. The van der Waals surface area contributed by atoms with Crippen LogP contribution in [-0.4, -0.2) is 9.78 Å². The molecule has 0 saturated heterocycles. The van der Waals surface area contributed by atoms with Gasteiger partial charge in [-0.15, -0.1) is 0 Å². The number of nitrogens with zero attached hydrogens (tertiary/aromatic N) is 2. The standard InChI is InChI=1S/C8H12F2N2/c1-5(2)7-4-6(8(9)10)11-12(7)3/h4-5,8H,1-3H3. The molecule has 1 heterocycles. The van der Waals surface area contributed by atoms with Crippen molar-refractivity contribution >= 4 is 0 Å². The van der Waals surface area contributed by atoms with Gasteiger partial charge >= 0.3 is 0 Å². The third kappa shape index (κ3) is 1.62. The maximum absolute atomic E-state index is 12.1. The molecule has 1 rings (SSSR count). The van der Waals surface area contributed by atoms with Crippen LogP contribution in [0.2, 0.25) is 0 Å². The van der Waals surface area contributed by atoms with E-state index in [1.165, 1.54) is 10.7 Å². The number of hydrogen-bond donors (Lipinski definition) is 0. The second-order valence-corrected chi connectivity index (χ2v) is 3.07. The van der Waals surface area contributed by atoms with E-state index in [0.29, 0.717) is 0 Å². The number of rotatable bonds is 2. The molecule has 1 aromatic rings. The summed E-state index contributed by atoms with van der Waals surface area (Å²) < 4.78 is 25.8. The smallest absolute Gasteiger partial charge is 0.272 e. The van der Waals surface area contributed by atoms with Crippen molar-refractivity contribution in [1.29, 1.82) is 0 Å². The molecule has 0 unspecified atom stereocenters. The zero-order valence-electron chi connectivity index (χ0n) is 7.38. The molecule has 68 valence electrons. The highest BCUT2D eigenvalue weighted by Crippen LogP contribution is 2.21. The molecular formula is C8H12F2N2. The van der Waals surface area contributed by atoms with E-state index < -0.39 is 6.43 Å². The van der Waals surface area contributed by atoms with E-state index in [1.54, 1.807) is 7.05 Å². The number of aryl methyl sites for hydroxylation is 1. The van der Waals surface area contributed by atoms with E-state index in [9.17, 15) is 8.78 Å². The Labute approximate surface area is 70.2 Å². The molecule has 0 aliphatic rings. The zero-order chi connectivity index (χ0) is 9.30. The first kappa shape index (κ1) is 9.16. The van der Waals surface area contributed by atoms with Crippen LogP contribution in [0.4, 0.5) is 8.78 Å². The van der Waals surface area contributed by atoms with E-state index in [2.05, 4.69) is 5.10 Å². The summed E-state index contributed by atoms with van der Waals surface area (Å²) in [5, 5.41) is 3.70. The third-order valence-electron chi connectivity index (χ3n) is 1.75. The van der Waals surface area contributed by atoms with Gasteiger partial charge in [-0.25, -0.2) is 8.78 Å². The molecule has 0 fully saturated rings. The van der Waals surface area contributed by atoms with E-state index in [1.807, 2.05) is 13.8 Å². The van der Waals surface area contributed by atoms with Gasteiger partial charge in [0.05, 0.1) is 0 Å². The summed E-state index contributed by atoms with van der Waals surface area (Å²) in [6, 6.07) is 1.45. The fraction of sp³-hybridized carbons (Fsp3) is 0.625. The van der Waals surface area contributed by atoms with Crippen molar-refractivity contribution in [2.75, 3.05) is 0 Å². The van der Waals surface area contributed by atoms with Crippen LogP contribution in [0.5, 0.6) is 0 Å². The fourth-order valence-electron chi connectivity index (χ4n) is 1.15. The first-order valence-corrected chi connectivity index (χ1v) is 3.84. The van der Waals surface area contributed by atoms with E-state index in [4.69, 9.17) is 0 Å². The van der Waals surface area contributed by atoms with Crippen LogP contribution in [0.25, 0.3) is 0 Å². The van der Waals surface area contributed by atoms with Crippen molar-refractivity contribution in [2.45, 2.75) is 26.2 Å². The van der Waals surface area contributed by atoms with Crippen LogP contribution in [0.3, 0.4) is 0 Å². The van der Waals surface area contributed by atoms with Crippen molar-refractivity contribution in [3.05, 3.63) is 17.5 Å². The van der Waals surface area contributed by atoms with Gasteiger partial charge in [0.25, 0.3) is 6.43 Å². The Morgan fingerprint density at radius 1 is 1.42 bits per heavy atom. The minimum absolute atomic E-state index is 0.138. The maximum Gasteiger partial charge on any atom is 0.282 e.